The Bertz CT molecular complexity index is 1070. The zero-order chi connectivity index (χ0) is 24.8. The molecule has 0 bridgehead atoms. The third-order valence-electron chi connectivity index (χ3n) is 5.09. The second kappa shape index (κ2) is 11.7. The third kappa shape index (κ3) is 7.57. The fourth-order valence-electron chi connectivity index (χ4n) is 3.44. The van der Waals surface area contributed by atoms with E-state index in [1.54, 1.807) is 24.3 Å². The van der Waals surface area contributed by atoms with E-state index in [0.29, 0.717) is 16.6 Å². The summed E-state index contributed by atoms with van der Waals surface area (Å²) < 4.78 is 26.8. The van der Waals surface area contributed by atoms with Crippen molar-refractivity contribution in [1.29, 1.82) is 0 Å². The molecule has 0 spiro atoms. The van der Waals surface area contributed by atoms with Crippen LogP contribution in [-0.2, 0) is 26.2 Å². The van der Waals surface area contributed by atoms with Crippen molar-refractivity contribution in [3.63, 3.8) is 0 Å². The fraction of sp³-hybridized carbons (Fsp3) is 0.417. The molecule has 2 aromatic carbocycles. The molecule has 180 valence electrons. The molecule has 0 heterocycles. The molecule has 0 saturated carbocycles. The monoisotopic (exact) mass is 537 g/mol. The van der Waals surface area contributed by atoms with Crippen LogP contribution in [0.5, 0.6) is 0 Å². The number of halogens is 1. The second-order valence-electron chi connectivity index (χ2n) is 8.32. The van der Waals surface area contributed by atoms with Crippen LogP contribution in [-0.4, -0.2) is 50.0 Å². The van der Waals surface area contributed by atoms with Crippen molar-refractivity contribution < 1.29 is 18.0 Å². The number of benzene rings is 2. The predicted octanol–water partition coefficient (Wildman–Crippen LogP) is 3.86. The molecule has 2 rings (SSSR count). The minimum absolute atomic E-state index is 0.0873. The van der Waals surface area contributed by atoms with Crippen LogP contribution in [0.4, 0.5) is 5.69 Å². The first kappa shape index (κ1) is 26.9. The molecule has 0 unspecified atom stereocenters. The van der Waals surface area contributed by atoms with Gasteiger partial charge in [0.2, 0.25) is 21.8 Å². The van der Waals surface area contributed by atoms with Crippen molar-refractivity contribution in [2.24, 2.45) is 0 Å². The third-order valence-corrected chi connectivity index (χ3v) is 6.89. The predicted molar refractivity (Wildman–Crippen MR) is 135 cm³/mol. The van der Waals surface area contributed by atoms with E-state index in [0.717, 1.165) is 21.7 Å². The number of anilines is 1. The van der Waals surface area contributed by atoms with E-state index in [4.69, 9.17) is 0 Å². The van der Waals surface area contributed by atoms with Gasteiger partial charge in [-0.25, -0.2) is 8.42 Å². The maximum Gasteiger partial charge on any atom is 0.244 e. The van der Waals surface area contributed by atoms with Crippen LogP contribution in [0.3, 0.4) is 0 Å². The Labute approximate surface area is 205 Å². The molecule has 0 aromatic heterocycles. The van der Waals surface area contributed by atoms with Gasteiger partial charge in [0.1, 0.15) is 12.6 Å². The topological polar surface area (TPSA) is 86.8 Å². The van der Waals surface area contributed by atoms with E-state index < -0.39 is 28.5 Å². The molecule has 2 amide bonds. The Morgan fingerprint density at radius 1 is 1.06 bits per heavy atom. The quantitative estimate of drug-likeness (QED) is 0.498. The molecule has 0 aliphatic heterocycles. The lowest BCUT2D eigenvalue weighted by Crippen LogP contribution is -2.53. The Hall–Kier alpha value is -2.39. The van der Waals surface area contributed by atoms with E-state index in [1.807, 2.05) is 52.0 Å². The Morgan fingerprint density at radius 3 is 2.18 bits per heavy atom. The lowest BCUT2D eigenvalue weighted by atomic mass is 10.1. The van der Waals surface area contributed by atoms with Crippen LogP contribution in [0.1, 0.15) is 38.3 Å². The zero-order valence-electron chi connectivity index (χ0n) is 19.7. The van der Waals surface area contributed by atoms with Crippen LogP contribution in [0, 0.1) is 6.92 Å². The highest BCUT2D eigenvalue weighted by molar-refractivity contribution is 9.10. The molecule has 0 radical (unpaired) electrons. The molecule has 2 aromatic rings. The van der Waals surface area contributed by atoms with E-state index >= 15 is 0 Å². The van der Waals surface area contributed by atoms with Gasteiger partial charge in [-0.15, -0.1) is 0 Å². The average molecular weight is 539 g/mol. The summed E-state index contributed by atoms with van der Waals surface area (Å²) in [6.07, 6.45) is 1.46. The molecule has 0 fully saturated rings. The summed E-state index contributed by atoms with van der Waals surface area (Å²) in [6.45, 7) is 7.29. The molecule has 0 aliphatic rings. The smallest absolute Gasteiger partial charge is 0.244 e. The molecule has 7 nitrogen and oxygen atoms in total. The fourth-order valence-corrected chi connectivity index (χ4v) is 4.92. The van der Waals surface area contributed by atoms with Crippen molar-refractivity contribution in [3.05, 3.63) is 64.1 Å². The van der Waals surface area contributed by atoms with Gasteiger partial charge in [-0.1, -0.05) is 48.9 Å². The van der Waals surface area contributed by atoms with Crippen LogP contribution in [0.2, 0.25) is 0 Å². The number of amides is 2. The minimum atomic E-state index is -3.76. The Kier molecular flexibility index (Phi) is 9.48. The summed E-state index contributed by atoms with van der Waals surface area (Å²) >= 11 is 3.37. The van der Waals surface area contributed by atoms with Gasteiger partial charge in [-0.05, 0) is 60.8 Å². The van der Waals surface area contributed by atoms with E-state index in [2.05, 4.69) is 21.2 Å². The molecule has 0 saturated heterocycles. The van der Waals surface area contributed by atoms with Crippen molar-refractivity contribution in [3.8, 4) is 0 Å². The van der Waals surface area contributed by atoms with Crippen molar-refractivity contribution in [2.45, 2.75) is 52.7 Å². The van der Waals surface area contributed by atoms with Gasteiger partial charge >= 0.3 is 0 Å². The number of aryl methyl sites for hydroxylation is 1. The summed E-state index contributed by atoms with van der Waals surface area (Å²) in [5, 5.41) is 2.88. The van der Waals surface area contributed by atoms with Crippen molar-refractivity contribution >= 4 is 43.5 Å². The van der Waals surface area contributed by atoms with Gasteiger partial charge < -0.3 is 10.2 Å². The highest BCUT2D eigenvalue weighted by atomic mass is 79.9. The van der Waals surface area contributed by atoms with Gasteiger partial charge in [0, 0.05) is 17.1 Å². The number of carbonyl (C=O) groups is 2. The largest absolute Gasteiger partial charge is 0.352 e. The average Bonchev–Trinajstić information content (AvgIpc) is 2.72. The van der Waals surface area contributed by atoms with Crippen LogP contribution >= 0.6 is 15.9 Å². The van der Waals surface area contributed by atoms with E-state index in [-0.39, 0.29) is 18.5 Å². The van der Waals surface area contributed by atoms with Crippen molar-refractivity contribution in [2.75, 3.05) is 17.1 Å². The second-order valence-corrected chi connectivity index (χ2v) is 11.1. The Balaban J connectivity index is 2.44. The molecule has 1 N–H and O–H groups in total. The number of nitrogens with one attached hydrogen (secondary N) is 1. The first-order valence-electron chi connectivity index (χ1n) is 10.8. The van der Waals surface area contributed by atoms with Gasteiger partial charge in [0.05, 0.1) is 11.9 Å². The lowest BCUT2D eigenvalue weighted by Gasteiger charge is -2.33. The minimum Gasteiger partial charge on any atom is -0.352 e. The van der Waals surface area contributed by atoms with Gasteiger partial charge in [-0.3, -0.25) is 13.9 Å². The molecular formula is C24H32BrN3O4S. The van der Waals surface area contributed by atoms with E-state index in [9.17, 15) is 18.0 Å². The van der Waals surface area contributed by atoms with Crippen molar-refractivity contribution in [1.82, 2.24) is 10.2 Å². The molecule has 0 aliphatic carbocycles. The number of carbonyl (C=O) groups excluding carboxylic acids is 2. The first-order chi connectivity index (χ1) is 15.4. The van der Waals surface area contributed by atoms with Crippen LogP contribution in [0.15, 0.2) is 53.0 Å². The summed E-state index contributed by atoms with van der Waals surface area (Å²) in [4.78, 5) is 28.0. The SMILES string of the molecule is CC[C@H](C(=O)NC(C)C)N(Cc1ccc(C)cc1)C(=O)CN(c1ccccc1Br)S(C)(=O)=O. The summed E-state index contributed by atoms with van der Waals surface area (Å²) in [7, 11) is -3.76. The number of para-hydroxylation sites is 1. The van der Waals surface area contributed by atoms with Crippen LogP contribution in [0.25, 0.3) is 0 Å². The van der Waals surface area contributed by atoms with Gasteiger partial charge in [0.25, 0.3) is 0 Å². The summed E-state index contributed by atoms with van der Waals surface area (Å²) in [5.74, 6) is -0.720. The lowest BCUT2D eigenvalue weighted by molar-refractivity contribution is -0.140. The highest BCUT2D eigenvalue weighted by Crippen LogP contribution is 2.28. The first-order valence-corrected chi connectivity index (χ1v) is 13.5. The van der Waals surface area contributed by atoms with Crippen LogP contribution < -0.4 is 9.62 Å². The van der Waals surface area contributed by atoms with Gasteiger partial charge in [0.15, 0.2) is 0 Å². The molecular weight excluding hydrogens is 506 g/mol. The maximum atomic E-state index is 13.6. The molecule has 9 heteroatoms. The molecule has 33 heavy (non-hydrogen) atoms. The highest BCUT2D eigenvalue weighted by Gasteiger charge is 2.32. The number of sulfonamides is 1. The summed E-state index contributed by atoms with van der Waals surface area (Å²) in [5.41, 5.74) is 2.30. The normalized spacial score (nSPS) is 12.3. The number of nitrogens with zero attached hydrogens (tertiary/aromatic N) is 2. The maximum absolute atomic E-state index is 13.6. The molecule has 1 atom stereocenters. The standard InChI is InChI=1S/C24H32BrN3O4S/c1-6-21(24(30)26-17(2)3)27(15-19-13-11-18(4)12-14-19)23(29)16-28(33(5,31)32)22-10-8-7-9-20(22)25/h7-14,17,21H,6,15-16H2,1-5H3,(H,26,30)/t21-/m1/s1. The number of hydrogen-bond acceptors (Lipinski definition) is 4. The van der Waals surface area contributed by atoms with E-state index in [1.165, 1.54) is 4.90 Å². The zero-order valence-corrected chi connectivity index (χ0v) is 22.1. The number of rotatable bonds is 10. The number of hydrogen-bond donors (Lipinski definition) is 1. The summed E-state index contributed by atoms with van der Waals surface area (Å²) in [6, 6.07) is 13.7. The Morgan fingerprint density at radius 2 is 1.67 bits per heavy atom. The van der Waals surface area contributed by atoms with Gasteiger partial charge in [-0.2, -0.15) is 0 Å².